The predicted molar refractivity (Wildman–Crippen MR) is 68.5 cm³/mol. The molecular weight excluding hydrogens is 290 g/mol. The minimum absolute atomic E-state index is 0.297. The van der Waals surface area contributed by atoms with Gasteiger partial charge < -0.3 is 0 Å². The number of hydrogen-bond acceptors (Lipinski definition) is 1. The van der Waals surface area contributed by atoms with Crippen LogP contribution >= 0.6 is 34.8 Å². The first-order valence-corrected chi connectivity index (χ1v) is 6.32. The molecule has 0 unspecified atom stereocenters. The Morgan fingerprint density at radius 2 is 1.94 bits per heavy atom. The molecule has 0 heterocycles. The fourth-order valence-electron chi connectivity index (χ4n) is 1.45. The molecule has 6 heteroatoms. The largest absolute Gasteiger partial charge is 0.292 e. The van der Waals surface area contributed by atoms with Crippen LogP contribution in [0.25, 0.3) is 0 Å². The third-order valence-corrected chi connectivity index (χ3v) is 2.97. The number of halogens is 5. The monoisotopic (exact) mass is 301 g/mol. The van der Waals surface area contributed by atoms with Gasteiger partial charge in [-0.1, -0.05) is 23.2 Å². The smallest absolute Gasteiger partial charge is 0.251 e. The topological polar surface area (TPSA) is 3.24 Å². The van der Waals surface area contributed by atoms with Crippen LogP contribution in [0.3, 0.4) is 0 Å². The normalized spacial score (nSPS) is 11.5. The van der Waals surface area contributed by atoms with Crippen molar-refractivity contribution in [2.75, 3.05) is 19.0 Å². The number of hydrogen-bond donors (Lipinski definition) is 0. The highest BCUT2D eigenvalue weighted by atomic mass is 35.5. The lowest BCUT2D eigenvalue weighted by molar-refractivity contribution is 0.0878. The summed E-state index contributed by atoms with van der Waals surface area (Å²) in [5.41, 5.74) is 0.727. The van der Waals surface area contributed by atoms with Crippen molar-refractivity contribution in [3.8, 4) is 0 Å². The molecule has 0 amide bonds. The first-order valence-electron chi connectivity index (χ1n) is 5.03. The zero-order valence-corrected chi connectivity index (χ0v) is 11.2. The van der Waals surface area contributed by atoms with Crippen molar-refractivity contribution < 1.29 is 8.78 Å². The summed E-state index contributed by atoms with van der Waals surface area (Å²) in [6.45, 7) is 0.376. The lowest BCUT2D eigenvalue weighted by Gasteiger charge is -2.21. The summed E-state index contributed by atoms with van der Waals surface area (Å²) in [7, 11) is 0. The van der Waals surface area contributed by atoms with Gasteiger partial charge in [-0.05, 0) is 23.8 Å². The van der Waals surface area contributed by atoms with E-state index in [-0.39, 0.29) is 6.54 Å². The fraction of sp³-hybridized carbons (Fsp3) is 0.455. The van der Waals surface area contributed by atoms with Gasteiger partial charge in [0.25, 0.3) is 6.43 Å². The van der Waals surface area contributed by atoms with Crippen LogP contribution in [0.2, 0.25) is 10.0 Å². The Labute approximate surface area is 114 Å². The second-order valence-electron chi connectivity index (χ2n) is 3.55. The quantitative estimate of drug-likeness (QED) is 0.708. The van der Waals surface area contributed by atoms with Crippen molar-refractivity contribution in [1.29, 1.82) is 0 Å². The van der Waals surface area contributed by atoms with Crippen LogP contribution in [-0.4, -0.2) is 30.3 Å². The van der Waals surface area contributed by atoms with Crippen LogP contribution in [0.15, 0.2) is 18.2 Å². The minimum atomic E-state index is -2.39. The van der Waals surface area contributed by atoms with Crippen LogP contribution in [-0.2, 0) is 6.54 Å². The Bertz CT molecular complexity index is 361. The van der Waals surface area contributed by atoms with Gasteiger partial charge in [0.05, 0.1) is 6.54 Å². The summed E-state index contributed by atoms with van der Waals surface area (Å²) in [4.78, 5) is 1.55. The van der Waals surface area contributed by atoms with E-state index in [1.807, 2.05) is 0 Å². The van der Waals surface area contributed by atoms with E-state index in [1.165, 1.54) is 0 Å². The molecule has 0 radical (unpaired) electrons. The first-order chi connectivity index (χ1) is 8.02. The molecule has 0 aliphatic rings. The van der Waals surface area contributed by atoms with Gasteiger partial charge in [0, 0.05) is 29.0 Å². The number of alkyl halides is 3. The van der Waals surface area contributed by atoms with E-state index < -0.39 is 6.43 Å². The van der Waals surface area contributed by atoms with Gasteiger partial charge in [-0.25, -0.2) is 8.78 Å². The Kier molecular flexibility index (Phi) is 6.49. The summed E-state index contributed by atoms with van der Waals surface area (Å²) in [5, 5.41) is 1.05. The molecule has 1 aromatic carbocycles. The van der Waals surface area contributed by atoms with E-state index >= 15 is 0 Å². The lowest BCUT2D eigenvalue weighted by atomic mass is 10.2. The van der Waals surface area contributed by atoms with E-state index in [9.17, 15) is 8.78 Å². The lowest BCUT2D eigenvalue weighted by Crippen LogP contribution is -2.30. The molecule has 1 nitrogen and oxygen atoms in total. The highest BCUT2D eigenvalue weighted by molar-refractivity contribution is 6.33. The average Bonchev–Trinajstić information content (AvgIpc) is 2.23. The van der Waals surface area contributed by atoms with E-state index in [2.05, 4.69) is 0 Å². The highest BCUT2D eigenvalue weighted by Gasteiger charge is 2.13. The maximum absolute atomic E-state index is 12.3. The molecule has 0 N–H and O–H groups in total. The van der Waals surface area contributed by atoms with Gasteiger partial charge in [-0.3, -0.25) is 4.90 Å². The summed E-state index contributed by atoms with van der Waals surface area (Å²) < 4.78 is 24.7. The predicted octanol–water partition coefficient (Wildman–Crippen LogP) is 4.30. The van der Waals surface area contributed by atoms with Crippen molar-refractivity contribution in [1.82, 2.24) is 4.90 Å². The second kappa shape index (κ2) is 7.37. The molecule has 0 atom stereocenters. The van der Waals surface area contributed by atoms with Crippen LogP contribution in [0.5, 0.6) is 0 Å². The molecule has 1 aromatic rings. The molecule has 0 fully saturated rings. The van der Waals surface area contributed by atoms with Crippen molar-refractivity contribution in [3.05, 3.63) is 33.8 Å². The van der Waals surface area contributed by atoms with Gasteiger partial charge in [0.15, 0.2) is 0 Å². The van der Waals surface area contributed by atoms with Crippen LogP contribution < -0.4 is 0 Å². The van der Waals surface area contributed by atoms with E-state index in [4.69, 9.17) is 34.8 Å². The summed E-state index contributed by atoms with van der Waals surface area (Å²) in [5.74, 6) is 0.297. The van der Waals surface area contributed by atoms with E-state index in [0.717, 1.165) is 5.56 Å². The van der Waals surface area contributed by atoms with E-state index in [0.29, 0.717) is 29.0 Å². The molecule has 1 rings (SSSR count). The number of rotatable bonds is 6. The van der Waals surface area contributed by atoms with Crippen molar-refractivity contribution >= 4 is 34.8 Å². The summed E-state index contributed by atoms with van der Waals surface area (Å²) in [6.07, 6.45) is -2.39. The molecule has 96 valence electrons. The maximum Gasteiger partial charge on any atom is 0.251 e. The molecule has 17 heavy (non-hydrogen) atoms. The van der Waals surface area contributed by atoms with Crippen LogP contribution in [0.1, 0.15) is 5.56 Å². The highest BCUT2D eigenvalue weighted by Crippen LogP contribution is 2.22. The van der Waals surface area contributed by atoms with Crippen LogP contribution in [0.4, 0.5) is 8.78 Å². The van der Waals surface area contributed by atoms with Crippen molar-refractivity contribution in [2.24, 2.45) is 0 Å². The molecule has 0 aliphatic heterocycles. The maximum atomic E-state index is 12.3. The third kappa shape index (κ3) is 5.38. The minimum Gasteiger partial charge on any atom is -0.292 e. The van der Waals surface area contributed by atoms with Crippen LogP contribution in [0, 0.1) is 0 Å². The first kappa shape index (κ1) is 15.0. The van der Waals surface area contributed by atoms with Gasteiger partial charge in [0.2, 0.25) is 0 Å². The zero-order valence-electron chi connectivity index (χ0n) is 8.97. The SMILES string of the molecule is FC(F)CN(CCCl)Cc1cc(Cl)ccc1Cl. The Hall–Kier alpha value is -0.0900. The molecule has 0 saturated carbocycles. The van der Waals surface area contributed by atoms with E-state index in [1.54, 1.807) is 23.1 Å². The molecular formula is C11H12Cl3F2N. The van der Waals surface area contributed by atoms with Crippen molar-refractivity contribution in [3.63, 3.8) is 0 Å². The molecule has 0 aliphatic carbocycles. The molecule has 0 bridgehead atoms. The Morgan fingerprint density at radius 3 is 2.53 bits per heavy atom. The Balaban J connectivity index is 2.74. The molecule has 0 spiro atoms. The third-order valence-electron chi connectivity index (χ3n) is 2.20. The van der Waals surface area contributed by atoms with Gasteiger partial charge in [-0.15, -0.1) is 11.6 Å². The van der Waals surface area contributed by atoms with Crippen molar-refractivity contribution in [2.45, 2.75) is 13.0 Å². The van der Waals surface area contributed by atoms with Gasteiger partial charge in [-0.2, -0.15) is 0 Å². The summed E-state index contributed by atoms with van der Waals surface area (Å²) >= 11 is 17.4. The van der Waals surface area contributed by atoms with Gasteiger partial charge >= 0.3 is 0 Å². The zero-order chi connectivity index (χ0) is 12.8. The summed E-state index contributed by atoms with van der Waals surface area (Å²) in [6, 6.07) is 4.99. The number of nitrogens with zero attached hydrogens (tertiary/aromatic N) is 1. The van der Waals surface area contributed by atoms with Gasteiger partial charge in [0.1, 0.15) is 0 Å². The molecule has 0 saturated heterocycles. The Morgan fingerprint density at radius 1 is 1.24 bits per heavy atom. The number of benzene rings is 1. The fourth-order valence-corrected chi connectivity index (χ4v) is 2.07. The molecule has 0 aromatic heterocycles. The standard InChI is InChI=1S/C11H12Cl3F2N/c12-3-4-17(7-11(15)16)6-8-5-9(13)1-2-10(8)14/h1-2,5,11H,3-4,6-7H2. The second-order valence-corrected chi connectivity index (χ2v) is 4.77. The average molecular weight is 303 g/mol.